The lowest BCUT2D eigenvalue weighted by atomic mass is 10.1. The predicted octanol–water partition coefficient (Wildman–Crippen LogP) is 4.72. The number of amides is 1. The average Bonchev–Trinajstić information content (AvgIpc) is 2.42. The van der Waals surface area contributed by atoms with Crippen LogP contribution in [0.3, 0.4) is 0 Å². The summed E-state index contributed by atoms with van der Waals surface area (Å²) in [6.45, 7) is 3.97. The van der Waals surface area contributed by atoms with E-state index in [1.165, 1.54) is 0 Å². The topological polar surface area (TPSA) is 29.1 Å². The molecule has 0 aliphatic heterocycles. The van der Waals surface area contributed by atoms with Crippen LogP contribution in [0.2, 0.25) is 0 Å². The van der Waals surface area contributed by atoms with Crippen molar-refractivity contribution in [1.29, 1.82) is 0 Å². The number of halogens is 1. The fourth-order valence-corrected chi connectivity index (χ4v) is 2.19. The highest BCUT2D eigenvalue weighted by Gasteiger charge is 2.04. The summed E-state index contributed by atoms with van der Waals surface area (Å²) in [7, 11) is 0. The summed E-state index contributed by atoms with van der Waals surface area (Å²) in [6, 6.07) is 13.8. The monoisotopic (exact) mass is 329 g/mol. The molecule has 0 heterocycles. The van der Waals surface area contributed by atoms with E-state index in [9.17, 15) is 4.79 Å². The Balaban J connectivity index is 2.07. The fourth-order valence-electron chi connectivity index (χ4n) is 1.92. The minimum atomic E-state index is -0.120. The van der Waals surface area contributed by atoms with E-state index >= 15 is 0 Å². The van der Waals surface area contributed by atoms with Crippen LogP contribution >= 0.6 is 15.9 Å². The second-order valence-electron chi connectivity index (χ2n) is 4.64. The highest BCUT2D eigenvalue weighted by Crippen LogP contribution is 2.19. The van der Waals surface area contributed by atoms with E-state index < -0.39 is 0 Å². The van der Waals surface area contributed by atoms with Gasteiger partial charge in [0.1, 0.15) is 0 Å². The average molecular weight is 330 g/mol. The SMILES string of the molecule is Cc1cccc(C)c1NC(=O)/C=C\c1ccc(Br)cc1. The molecule has 2 rings (SSSR count). The molecule has 0 unspecified atom stereocenters. The molecular formula is C17H16BrNO. The molecule has 2 aromatic rings. The van der Waals surface area contributed by atoms with Gasteiger partial charge >= 0.3 is 0 Å². The van der Waals surface area contributed by atoms with Crippen LogP contribution in [-0.2, 0) is 4.79 Å². The maximum atomic E-state index is 11.9. The summed E-state index contributed by atoms with van der Waals surface area (Å²) < 4.78 is 1.02. The Morgan fingerprint density at radius 1 is 1.05 bits per heavy atom. The van der Waals surface area contributed by atoms with Gasteiger partial charge in [0.05, 0.1) is 0 Å². The van der Waals surface area contributed by atoms with Crippen molar-refractivity contribution in [3.8, 4) is 0 Å². The molecule has 1 amide bonds. The molecule has 0 aliphatic carbocycles. The van der Waals surface area contributed by atoms with Gasteiger partial charge in [0.2, 0.25) is 5.91 Å². The number of benzene rings is 2. The minimum absolute atomic E-state index is 0.120. The zero-order chi connectivity index (χ0) is 14.5. The van der Waals surface area contributed by atoms with Gasteiger partial charge in [-0.1, -0.05) is 46.3 Å². The minimum Gasteiger partial charge on any atom is -0.322 e. The summed E-state index contributed by atoms with van der Waals surface area (Å²) in [5, 5.41) is 2.93. The van der Waals surface area contributed by atoms with Crippen molar-refractivity contribution < 1.29 is 4.79 Å². The molecule has 3 heteroatoms. The van der Waals surface area contributed by atoms with E-state index in [1.54, 1.807) is 12.2 Å². The molecule has 2 nitrogen and oxygen atoms in total. The maximum absolute atomic E-state index is 11.9. The van der Waals surface area contributed by atoms with Gasteiger partial charge < -0.3 is 5.32 Å². The van der Waals surface area contributed by atoms with Crippen molar-refractivity contribution in [2.45, 2.75) is 13.8 Å². The molecule has 102 valence electrons. The highest BCUT2D eigenvalue weighted by molar-refractivity contribution is 9.10. The normalized spacial score (nSPS) is 10.8. The van der Waals surface area contributed by atoms with E-state index in [2.05, 4.69) is 21.2 Å². The van der Waals surface area contributed by atoms with E-state index in [4.69, 9.17) is 0 Å². The van der Waals surface area contributed by atoms with Crippen LogP contribution < -0.4 is 5.32 Å². The van der Waals surface area contributed by atoms with Gasteiger partial charge in [-0.3, -0.25) is 4.79 Å². The number of hydrogen-bond acceptors (Lipinski definition) is 1. The first-order chi connectivity index (χ1) is 9.56. The van der Waals surface area contributed by atoms with Gasteiger partial charge in [0.25, 0.3) is 0 Å². The van der Waals surface area contributed by atoms with Crippen molar-refractivity contribution >= 4 is 33.6 Å². The van der Waals surface area contributed by atoms with Gasteiger partial charge in [-0.25, -0.2) is 0 Å². The molecule has 0 aliphatic rings. The third-order valence-corrected chi connectivity index (χ3v) is 3.56. The van der Waals surface area contributed by atoms with Gasteiger partial charge in [-0.2, -0.15) is 0 Å². The lowest BCUT2D eigenvalue weighted by Crippen LogP contribution is -2.10. The second kappa shape index (κ2) is 6.53. The third-order valence-electron chi connectivity index (χ3n) is 3.03. The van der Waals surface area contributed by atoms with Crippen LogP contribution in [0.1, 0.15) is 16.7 Å². The first-order valence-corrected chi connectivity index (χ1v) is 7.16. The Morgan fingerprint density at radius 2 is 1.65 bits per heavy atom. The third kappa shape index (κ3) is 3.81. The summed E-state index contributed by atoms with van der Waals surface area (Å²) in [6.07, 6.45) is 3.35. The van der Waals surface area contributed by atoms with Crippen molar-refractivity contribution in [1.82, 2.24) is 0 Å². The van der Waals surface area contributed by atoms with Crippen LogP contribution in [0.15, 0.2) is 53.0 Å². The molecule has 0 saturated heterocycles. The molecule has 0 radical (unpaired) electrons. The van der Waals surface area contributed by atoms with E-state index in [0.29, 0.717) is 0 Å². The first-order valence-electron chi connectivity index (χ1n) is 6.37. The number of rotatable bonds is 3. The van der Waals surface area contributed by atoms with Crippen molar-refractivity contribution in [2.75, 3.05) is 5.32 Å². The number of para-hydroxylation sites is 1. The van der Waals surface area contributed by atoms with E-state index in [0.717, 1.165) is 26.9 Å². The fraction of sp³-hybridized carbons (Fsp3) is 0.118. The first kappa shape index (κ1) is 14.5. The summed E-state index contributed by atoms with van der Waals surface area (Å²) in [5.74, 6) is -0.120. The Bertz CT molecular complexity index is 624. The Kier molecular flexibility index (Phi) is 4.74. The smallest absolute Gasteiger partial charge is 0.248 e. The number of carbonyl (C=O) groups excluding carboxylic acids is 1. The van der Waals surface area contributed by atoms with Crippen molar-refractivity contribution in [3.05, 3.63) is 69.7 Å². The number of aryl methyl sites for hydroxylation is 2. The maximum Gasteiger partial charge on any atom is 0.248 e. The molecule has 0 atom stereocenters. The molecular weight excluding hydrogens is 314 g/mol. The standard InChI is InChI=1S/C17H16BrNO/c1-12-4-3-5-13(2)17(12)19-16(20)11-8-14-6-9-15(18)10-7-14/h3-11H,1-2H3,(H,19,20)/b11-8-. The molecule has 1 N–H and O–H groups in total. The summed E-state index contributed by atoms with van der Waals surface area (Å²) in [4.78, 5) is 11.9. The Morgan fingerprint density at radius 3 is 2.25 bits per heavy atom. The largest absolute Gasteiger partial charge is 0.322 e. The summed E-state index contributed by atoms with van der Waals surface area (Å²) in [5.41, 5.74) is 4.01. The molecule has 0 aromatic heterocycles. The van der Waals surface area contributed by atoms with Crippen molar-refractivity contribution in [3.63, 3.8) is 0 Å². The van der Waals surface area contributed by atoms with Gasteiger partial charge in [-0.05, 0) is 48.7 Å². The zero-order valence-electron chi connectivity index (χ0n) is 11.5. The Hall–Kier alpha value is -1.87. The quantitative estimate of drug-likeness (QED) is 0.811. The molecule has 2 aromatic carbocycles. The van der Waals surface area contributed by atoms with Crippen LogP contribution in [0, 0.1) is 13.8 Å². The zero-order valence-corrected chi connectivity index (χ0v) is 13.1. The lowest BCUT2D eigenvalue weighted by Gasteiger charge is -2.09. The molecule has 0 saturated carbocycles. The van der Waals surface area contributed by atoms with Crippen molar-refractivity contribution in [2.24, 2.45) is 0 Å². The number of carbonyl (C=O) groups is 1. The number of hydrogen-bond donors (Lipinski definition) is 1. The molecule has 0 spiro atoms. The number of nitrogens with one attached hydrogen (secondary N) is 1. The van der Waals surface area contributed by atoms with E-state index in [-0.39, 0.29) is 5.91 Å². The van der Waals surface area contributed by atoms with Crippen LogP contribution in [0.4, 0.5) is 5.69 Å². The predicted molar refractivity (Wildman–Crippen MR) is 87.7 cm³/mol. The van der Waals surface area contributed by atoms with Crippen LogP contribution in [-0.4, -0.2) is 5.91 Å². The summed E-state index contributed by atoms with van der Waals surface area (Å²) >= 11 is 3.38. The highest BCUT2D eigenvalue weighted by atomic mass is 79.9. The Labute approximate surface area is 127 Å². The van der Waals surface area contributed by atoms with Gasteiger partial charge in [0.15, 0.2) is 0 Å². The van der Waals surface area contributed by atoms with Crippen LogP contribution in [0.25, 0.3) is 6.08 Å². The van der Waals surface area contributed by atoms with E-state index in [1.807, 2.05) is 56.3 Å². The molecule has 0 bridgehead atoms. The van der Waals surface area contributed by atoms with Gasteiger partial charge in [-0.15, -0.1) is 0 Å². The molecule has 0 fully saturated rings. The lowest BCUT2D eigenvalue weighted by molar-refractivity contribution is -0.111. The number of anilines is 1. The van der Waals surface area contributed by atoms with Crippen LogP contribution in [0.5, 0.6) is 0 Å². The second-order valence-corrected chi connectivity index (χ2v) is 5.56. The van der Waals surface area contributed by atoms with Gasteiger partial charge in [0, 0.05) is 16.2 Å². The molecule has 20 heavy (non-hydrogen) atoms.